The molecule has 1 amide bonds. The Hall–Kier alpha value is -1.60. The number of amides is 1. The van der Waals surface area contributed by atoms with Gasteiger partial charge in [-0.05, 0) is 69.0 Å². The molecule has 0 unspecified atom stereocenters. The van der Waals surface area contributed by atoms with Gasteiger partial charge >= 0.3 is 0 Å². The number of morpholine rings is 1. The van der Waals surface area contributed by atoms with Gasteiger partial charge in [-0.3, -0.25) is 9.69 Å². The van der Waals surface area contributed by atoms with Crippen LogP contribution in [0.15, 0.2) is 30.3 Å². The zero-order valence-electron chi connectivity index (χ0n) is 19.1. The third-order valence-corrected chi connectivity index (χ3v) is 7.62. The minimum Gasteiger partial charge on any atom is -0.491 e. The lowest BCUT2D eigenvalue weighted by molar-refractivity contribution is -0.157. The molecule has 0 aliphatic carbocycles. The van der Waals surface area contributed by atoms with Crippen molar-refractivity contribution in [1.82, 2.24) is 9.80 Å². The van der Waals surface area contributed by atoms with Crippen LogP contribution in [0.1, 0.15) is 41.0 Å². The van der Waals surface area contributed by atoms with Crippen molar-refractivity contribution in [3.63, 3.8) is 0 Å². The van der Waals surface area contributed by atoms with E-state index in [4.69, 9.17) is 21.1 Å². The molecule has 1 aromatic carbocycles. The molecule has 1 atom stereocenters. The van der Waals surface area contributed by atoms with Crippen molar-refractivity contribution in [3.05, 3.63) is 50.7 Å². The number of hydrogen-bond donors (Lipinski definition) is 0. The molecular formula is C25H33ClN2O3S. The summed E-state index contributed by atoms with van der Waals surface area (Å²) in [5.74, 6) is 0.915. The van der Waals surface area contributed by atoms with E-state index in [-0.39, 0.29) is 5.91 Å². The largest absolute Gasteiger partial charge is 0.491 e. The number of benzene rings is 1. The molecule has 32 heavy (non-hydrogen) atoms. The van der Waals surface area contributed by atoms with Crippen LogP contribution in [0.2, 0.25) is 5.02 Å². The van der Waals surface area contributed by atoms with Gasteiger partial charge in [0.2, 0.25) is 5.91 Å². The zero-order valence-corrected chi connectivity index (χ0v) is 20.6. The van der Waals surface area contributed by atoms with Crippen LogP contribution in [0.3, 0.4) is 0 Å². The summed E-state index contributed by atoms with van der Waals surface area (Å²) in [5, 5.41) is 0.675. The summed E-state index contributed by atoms with van der Waals surface area (Å²) in [4.78, 5) is 20.3. The first-order chi connectivity index (χ1) is 15.4. The molecular weight excluding hydrogens is 444 g/mol. The standard InChI is InChI=1S/C25H33ClN2O3S/c1-19-14-21(20(2)32-19)16-27-12-13-31-25(17-27,15-24(29)28-10-4-3-5-11-28)18-30-23-8-6-22(26)7-9-23/h6-9,14H,3-5,10-13,15-18H2,1-2H3/t25-/m0/s1. The summed E-state index contributed by atoms with van der Waals surface area (Å²) in [6, 6.07) is 9.64. The lowest BCUT2D eigenvalue weighted by Crippen LogP contribution is -2.57. The summed E-state index contributed by atoms with van der Waals surface area (Å²) in [5.41, 5.74) is 0.704. The predicted octanol–water partition coefficient (Wildman–Crippen LogP) is 5.07. The fraction of sp³-hybridized carbons (Fsp3) is 0.560. The predicted molar refractivity (Wildman–Crippen MR) is 130 cm³/mol. The first kappa shape index (κ1) is 23.6. The molecule has 2 fully saturated rings. The van der Waals surface area contributed by atoms with E-state index in [1.54, 1.807) is 0 Å². The number of aryl methyl sites for hydroxylation is 2. The number of ether oxygens (including phenoxy) is 2. The first-order valence-corrected chi connectivity index (χ1v) is 12.7. The van der Waals surface area contributed by atoms with Crippen LogP contribution < -0.4 is 4.74 Å². The van der Waals surface area contributed by atoms with Gasteiger partial charge in [-0.25, -0.2) is 0 Å². The van der Waals surface area contributed by atoms with Crippen molar-refractivity contribution >= 4 is 28.8 Å². The van der Waals surface area contributed by atoms with Gasteiger partial charge in [0.05, 0.1) is 13.0 Å². The van der Waals surface area contributed by atoms with E-state index in [2.05, 4.69) is 24.8 Å². The summed E-state index contributed by atoms with van der Waals surface area (Å²) >= 11 is 7.86. The summed E-state index contributed by atoms with van der Waals surface area (Å²) in [6.45, 7) is 9.38. The normalized spacial score (nSPS) is 22.2. The molecule has 0 radical (unpaired) electrons. The molecule has 1 aromatic heterocycles. The molecule has 2 aliphatic rings. The topological polar surface area (TPSA) is 42.0 Å². The number of nitrogens with zero attached hydrogens (tertiary/aromatic N) is 2. The van der Waals surface area contributed by atoms with E-state index < -0.39 is 5.60 Å². The molecule has 2 aromatic rings. The summed E-state index contributed by atoms with van der Waals surface area (Å²) < 4.78 is 12.5. The molecule has 174 valence electrons. The number of carbonyl (C=O) groups is 1. The lowest BCUT2D eigenvalue weighted by atomic mass is 9.95. The third-order valence-electron chi connectivity index (χ3n) is 6.36. The average Bonchev–Trinajstić information content (AvgIpc) is 3.10. The van der Waals surface area contributed by atoms with Crippen molar-refractivity contribution in [2.45, 2.75) is 51.7 Å². The summed E-state index contributed by atoms with van der Waals surface area (Å²) in [6.07, 6.45) is 3.73. The molecule has 0 bridgehead atoms. The van der Waals surface area contributed by atoms with Crippen molar-refractivity contribution in [1.29, 1.82) is 0 Å². The highest BCUT2D eigenvalue weighted by molar-refractivity contribution is 7.12. The molecule has 0 saturated carbocycles. The quantitative estimate of drug-likeness (QED) is 0.559. The Morgan fingerprint density at radius 1 is 1.16 bits per heavy atom. The molecule has 2 saturated heterocycles. The van der Waals surface area contributed by atoms with E-state index in [0.29, 0.717) is 31.2 Å². The maximum absolute atomic E-state index is 13.2. The Morgan fingerprint density at radius 3 is 2.59 bits per heavy atom. The Kier molecular flexibility index (Phi) is 7.77. The number of hydrogen-bond acceptors (Lipinski definition) is 5. The molecule has 0 N–H and O–H groups in total. The highest BCUT2D eigenvalue weighted by atomic mass is 35.5. The maximum atomic E-state index is 13.2. The monoisotopic (exact) mass is 476 g/mol. The molecule has 0 spiro atoms. The molecule has 3 heterocycles. The molecule has 2 aliphatic heterocycles. The second-order valence-corrected chi connectivity index (χ2v) is 10.9. The Balaban J connectivity index is 1.49. The number of piperidine rings is 1. The van der Waals surface area contributed by atoms with Gasteiger partial charge in [0.25, 0.3) is 0 Å². The molecule has 7 heteroatoms. The second-order valence-electron chi connectivity index (χ2n) is 9.04. The van der Waals surface area contributed by atoms with Crippen LogP contribution in [-0.2, 0) is 16.1 Å². The van der Waals surface area contributed by atoms with Crippen molar-refractivity contribution in [2.24, 2.45) is 0 Å². The number of halogens is 1. The number of thiophene rings is 1. The maximum Gasteiger partial charge on any atom is 0.225 e. The number of likely N-dealkylation sites (tertiary alicyclic amines) is 1. The van der Waals surface area contributed by atoms with Gasteiger partial charge in [-0.15, -0.1) is 11.3 Å². The van der Waals surface area contributed by atoms with Gasteiger partial charge in [-0.1, -0.05) is 11.6 Å². The van der Waals surface area contributed by atoms with Gasteiger partial charge in [-0.2, -0.15) is 0 Å². The van der Waals surface area contributed by atoms with Crippen LogP contribution >= 0.6 is 22.9 Å². The minimum absolute atomic E-state index is 0.175. The Morgan fingerprint density at radius 2 is 1.91 bits per heavy atom. The number of carbonyl (C=O) groups excluding carboxylic acids is 1. The summed E-state index contributed by atoms with van der Waals surface area (Å²) in [7, 11) is 0. The van der Waals surface area contributed by atoms with E-state index in [1.807, 2.05) is 40.5 Å². The minimum atomic E-state index is -0.661. The van der Waals surface area contributed by atoms with E-state index in [1.165, 1.54) is 21.7 Å². The van der Waals surface area contributed by atoms with Gasteiger partial charge in [0.15, 0.2) is 0 Å². The van der Waals surface area contributed by atoms with Gasteiger partial charge in [0, 0.05) is 47.5 Å². The van der Waals surface area contributed by atoms with Gasteiger partial charge < -0.3 is 14.4 Å². The SMILES string of the molecule is Cc1cc(CN2CCO[C@@](COc3ccc(Cl)cc3)(CC(=O)N3CCCCC3)C2)c(C)s1. The van der Waals surface area contributed by atoms with E-state index >= 15 is 0 Å². The highest BCUT2D eigenvalue weighted by Crippen LogP contribution is 2.29. The second kappa shape index (κ2) is 10.6. The van der Waals surface area contributed by atoms with Crippen LogP contribution in [-0.4, -0.2) is 60.7 Å². The molecule has 4 rings (SSSR count). The van der Waals surface area contributed by atoms with Crippen LogP contribution in [0, 0.1) is 13.8 Å². The van der Waals surface area contributed by atoms with Crippen molar-refractivity contribution in [3.8, 4) is 5.75 Å². The lowest BCUT2D eigenvalue weighted by Gasteiger charge is -2.43. The van der Waals surface area contributed by atoms with Gasteiger partial charge in [0.1, 0.15) is 18.0 Å². The third kappa shape index (κ3) is 6.04. The van der Waals surface area contributed by atoms with E-state index in [0.717, 1.165) is 44.8 Å². The van der Waals surface area contributed by atoms with Crippen LogP contribution in [0.5, 0.6) is 5.75 Å². The Labute approximate surface area is 200 Å². The van der Waals surface area contributed by atoms with Crippen molar-refractivity contribution in [2.75, 3.05) is 39.4 Å². The smallest absolute Gasteiger partial charge is 0.225 e. The highest BCUT2D eigenvalue weighted by Gasteiger charge is 2.41. The van der Waals surface area contributed by atoms with E-state index in [9.17, 15) is 4.79 Å². The fourth-order valence-corrected chi connectivity index (χ4v) is 5.73. The fourth-order valence-electron chi connectivity index (χ4n) is 4.66. The van der Waals surface area contributed by atoms with Crippen LogP contribution in [0.4, 0.5) is 0 Å². The Bertz CT molecular complexity index is 910. The van der Waals surface area contributed by atoms with Crippen molar-refractivity contribution < 1.29 is 14.3 Å². The average molecular weight is 477 g/mol. The van der Waals surface area contributed by atoms with Crippen LogP contribution in [0.25, 0.3) is 0 Å². The molecule has 5 nitrogen and oxygen atoms in total. The number of rotatable bonds is 7. The first-order valence-electron chi connectivity index (χ1n) is 11.5. The zero-order chi connectivity index (χ0) is 22.6.